The van der Waals surface area contributed by atoms with Crippen molar-refractivity contribution in [3.05, 3.63) is 182 Å². The third-order valence-electron chi connectivity index (χ3n) is 11.9. The number of rotatable bonds is 4. The van der Waals surface area contributed by atoms with Crippen molar-refractivity contribution < 1.29 is 8.83 Å². The van der Waals surface area contributed by atoms with Crippen molar-refractivity contribution in [3.63, 3.8) is 0 Å². The first-order chi connectivity index (χ1) is 28.7. The summed E-state index contributed by atoms with van der Waals surface area (Å²) in [7, 11) is 0. The molecule has 0 fully saturated rings. The Hall–Kier alpha value is -6.98. The maximum absolute atomic E-state index is 6.31. The van der Waals surface area contributed by atoms with E-state index in [9.17, 15) is 0 Å². The van der Waals surface area contributed by atoms with Gasteiger partial charge in [0, 0.05) is 61.9 Å². The summed E-state index contributed by atoms with van der Waals surface area (Å²) in [5.41, 5.74) is 13.2. The molecular formula is C54H30O2S2. The van der Waals surface area contributed by atoms with Crippen molar-refractivity contribution in [2.75, 3.05) is 0 Å². The van der Waals surface area contributed by atoms with Gasteiger partial charge in [0.2, 0.25) is 0 Å². The zero-order chi connectivity index (χ0) is 37.9. The van der Waals surface area contributed by atoms with Gasteiger partial charge in [-0.1, -0.05) is 103 Å². The highest BCUT2D eigenvalue weighted by Crippen LogP contribution is 2.47. The molecule has 0 unspecified atom stereocenters. The third-order valence-corrected chi connectivity index (χ3v) is 14.2. The Bertz CT molecular complexity index is 3790. The van der Waals surface area contributed by atoms with Crippen LogP contribution in [0.5, 0.6) is 0 Å². The van der Waals surface area contributed by atoms with Gasteiger partial charge in [-0.15, -0.1) is 22.7 Å². The average molecular weight is 775 g/mol. The molecular weight excluding hydrogens is 745 g/mol. The van der Waals surface area contributed by atoms with E-state index in [1.54, 1.807) is 0 Å². The molecule has 4 heteroatoms. The molecule has 0 spiro atoms. The average Bonchev–Trinajstić information content (AvgIpc) is 4.05. The zero-order valence-electron chi connectivity index (χ0n) is 31.0. The number of hydrogen-bond acceptors (Lipinski definition) is 4. The molecule has 0 atom stereocenters. The van der Waals surface area contributed by atoms with Gasteiger partial charge in [0.05, 0.1) is 0 Å². The van der Waals surface area contributed by atoms with Crippen molar-refractivity contribution in [1.82, 2.24) is 0 Å². The van der Waals surface area contributed by atoms with Crippen LogP contribution in [0, 0.1) is 0 Å². The van der Waals surface area contributed by atoms with Crippen LogP contribution in [0.3, 0.4) is 0 Å². The second kappa shape index (κ2) is 12.3. The second-order valence-electron chi connectivity index (χ2n) is 15.2. The van der Waals surface area contributed by atoms with Crippen LogP contribution in [0.15, 0.2) is 191 Å². The highest BCUT2D eigenvalue weighted by Gasteiger charge is 2.17. The Labute approximate surface area is 340 Å². The van der Waals surface area contributed by atoms with Gasteiger partial charge in [-0.3, -0.25) is 0 Å². The largest absolute Gasteiger partial charge is 0.456 e. The number of hydrogen-bond donors (Lipinski definition) is 0. The zero-order valence-corrected chi connectivity index (χ0v) is 32.6. The number of fused-ring (bicyclic) bond motifs is 13. The van der Waals surface area contributed by atoms with Crippen molar-refractivity contribution in [2.24, 2.45) is 0 Å². The first-order valence-electron chi connectivity index (χ1n) is 19.5. The van der Waals surface area contributed by atoms with E-state index in [1.165, 1.54) is 84.9 Å². The Morgan fingerprint density at radius 2 is 0.638 bits per heavy atom. The highest BCUT2D eigenvalue weighted by molar-refractivity contribution is 7.29. The van der Waals surface area contributed by atoms with Gasteiger partial charge < -0.3 is 8.83 Å². The SMILES string of the molecule is c1ccc(-c2ccc3oc4ccc(-c5ccc6sc7c(ccc8sc9ccc(-c%10ccc%11oc%12ccc(-c%13ccccc%13)cc%12c%11c%10)cc9c87)c6c5)cc4c3c2)cc1. The molecule has 9 aromatic carbocycles. The molecule has 13 aromatic rings. The van der Waals surface area contributed by atoms with Crippen molar-refractivity contribution in [1.29, 1.82) is 0 Å². The summed E-state index contributed by atoms with van der Waals surface area (Å²) in [5, 5.41) is 9.83. The van der Waals surface area contributed by atoms with Crippen LogP contribution in [0.2, 0.25) is 0 Å². The van der Waals surface area contributed by atoms with Crippen LogP contribution >= 0.6 is 22.7 Å². The van der Waals surface area contributed by atoms with Crippen LogP contribution in [0.25, 0.3) is 129 Å². The van der Waals surface area contributed by atoms with Crippen LogP contribution in [-0.2, 0) is 0 Å². The van der Waals surface area contributed by atoms with E-state index in [2.05, 4.69) is 182 Å². The molecule has 0 bridgehead atoms. The Morgan fingerprint density at radius 1 is 0.259 bits per heavy atom. The minimum absolute atomic E-state index is 0.910. The Kier molecular flexibility index (Phi) is 6.79. The molecule has 4 heterocycles. The molecule has 0 saturated heterocycles. The van der Waals surface area contributed by atoms with Gasteiger partial charge in [0.1, 0.15) is 22.3 Å². The number of thiophene rings is 2. The van der Waals surface area contributed by atoms with Gasteiger partial charge in [-0.2, -0.15) is 0 Å². The molecule has 4 aromatic heterocycles. The summed E-state index contributed by atoms with van der Waals surface area (Å²) in [6.07, 6.45) is 0. The van der Waals surface area contributed by atoms with Gasteiger partial charge in [0.25, 0.3) is 0 Å². The molecule has 0 aliphatic rings. The molecule has 0 saturated carbocycles. The lowest BCUT2D eigenvalue weighted by Gasteiger charge is -2.04. The first-order valence-corrected chi connectivity index (χ1v) is 21.2. The molecule has 2 nitrogen and oxygen atoms in total. The molecule has 58 heavy (non-hydrogen) atoms. The minimum atomic E-state index is 0.910. The molecule has 13 rings (SSSR count). The Balaban J connectivity index is 0.920. The minimum Gasteiger partial charge on any atom is -0.456 e. The fourth-order valence-electron chi connectivity index (χ4n) is 8.99. The number of benzene rings is 9. The van der Waals surface area contributed by atoms with E-state index in [0.717, 1.165) is 43.9 Å². The highest BCUT2D eigenvalue weighted by atomic mass is 32.1. The molecule has 0 aliphatic heterocycles. The monoisotopic (exact) mass is 774 g/mol. The Morgan fingerprint density at radius 3 is 1.12 bits per heavy atom. The normalized spacial score (nSPS) is 12.1. The van der Waals surface area contributed by atoms with Gasteiger partial charge in [-0.25, -0.2) is 0 Å². The lowest BCUT2D eigenvalue weighted by Crippen LogP contribution is -1.79. The fourth-order valence-corrected chi connectivity index (χ4v) is 11.4. The predicted molar refractivity (Wildman–Crippen MR) is 249 cm³/mol. The molecule has 270 valence electrons. The second-order valence-corrected chi connectivity index (χ2v) is 17.4. The molecule has 0 aliphatic carbocycles. The standard InChI is InChI=1S/C54H30O2S2/c1-3-7-31(8-4-1)33-11-18-46-40(25-33)42-27-35(13-20-48(42)55-46)37-15-22-50-44(29-37)39-17-24-52-53(54(39)58-50)45-30-38(16-23-51(45)57-52)36-14-21-49-43(28-36)41-26-34(12-19-47(41)56-49)32-9-5-2-6-10-32/h1-30H. The lowest BCUT2D eigenvalue weighted by atomic mass is 9.98. The smallest absolute Gasteiger partial charge is 0.135 e. The summed E-state index contributed by atoms with van der Waals surface area (Å²) in [5.74, 6) is 0. The fraction of sp³-hybridized carbons (Fsp3) is 0. The van der Waals surface area contributed by atoms with E-state index < -0.39 is 0 Å². The molecule has 0 N–H and O–H groups in total. The van der Waals surface area contributed by atoms with Crippen LogP contribution in [-0.4, -0.2) is 0 Å². The molecule has 0 radical (unpaired) electrons. The van der Waals surface area contributed by atoms with Crippen LogP contribution in [0.4, 0.5) is 0 Å². The van der Waals surface area contributed by atoms with Gasteiger partial charge >= 0.3 is 0 Å². The quantitative estimate of drug-likeness (QED) is 0.178. The maximum Gasteiger partial charge on any atom is 0.135 e. The molecule has 0 amide bonds. The van der Waals surface area contributed by atoms with E-state index >= 15 is 0 Å². The summed E-state index contributed by atoms with van der Waals surface area (Å²) >= 11 is 3.79. The predicted octanol–water partition coefficient (Wildman–Crippen LogP) is 16.9. The van der Waals surface area contributed by atoms with Crippen LogP contribution < -0.4 is 0 Å². The van der Waals surface area contributed by atoms with E-state index in [0.29, 0.717) is 0 Å². The topological polar surface area (TPSA) is 26.3 Å². The summed E-state index contributed by atoms with van der Waals surface area (Å²) in [6.45, 7) is 0. The lowest BCUT2D eigenvalue weighted by molar-refractivity contribution is 0.668. The summed E-state index contributed by atoms with van der Waals surface area (Å²) < 4.78 is 17.9. The van der Waals surface area contributed by atoms with Gasteiger partial charge in [-0.05, 0) is 123 Å². The van der Waals surface area contributed by atoms with Gasteiger partial charge in [0.15, 0.2) is 0 Å². The van der Waals surface area contributed by atoms with Crippen LogP contribution in [0.1, 0.15) is 0 Å². The number of furan rings is 2. The van der Waals surface area contributed by atoms with Crippen molar-refractivity contribution >= 4 is 107 Å². The maximum atomic E-state index is 6.31. The first kappa shape index (κ1) is 32.1. The van der Waals surface area contributed by atoms with E-state index in [-0.39, 0.29) is 0 Å². The summed E-state index contributed by atoms with van der Waals surface area (Å²) in [6, 6.07) is 65.9. The van der Waals surface area contributed by atoms with E-state index in [4.69, 9.17) is 8.83 Å². The van der Waals surface area contributed by atoms with Crippen molar-refractivity contribution in [3.8, 4) is 44.5 Å². The third kappa shape index (κ3) is 4.89. The summed E-state index contributed by atoms with van der Waals surface area (Å²) in [4.78, 5) is 0. The van der Waals surface area contributed by atoms with Crippen molar-refractivity contribution in [2.45, 2.75) is 0 Å². The van der Waals surface area contributed by atoms with E-state index in [1.807, 2.05) is 22.7 Å².